The molecule has 2 atom stereocenters. The molecule has 1 fully saturated rings. The van der Waals surface area contributed by atoms with Crippen molar-refractivity contribution in [2.45, 2.75) is 24.9 Å². The molecule has 7 heteroatoms. The number of hydrogen-bond acceptors (Lipinski definition) is 3. The van der Waals surface area contributed by atoms with E-state index in [2.05, 4.69) is 10.2 Å². The van der Waals surface area contributed by atoms with Gasteiger partial charge in [-0.1, -0.05) is 48.6 Å². The van der Waals surface area contributed by atoms with Gasteiger partial charge in [0.2, 0.25) is 0 Å². The van der Waals surface area contributed by atoms with E-state index in [4.69, 9.17) is 10.5 Å². The topological polar surface area (TPSA) is 52.6 Å². The van der Waals surface area contributed by atoms with Crippen LogP contribution in [0.15, 0.2) is 72.5 Å². The number of halogens is 3. The lowest BCUT2D eigenvalue weighted by atomic mass is 10.0. The maximum absolute atomic E-state index is 12.6. The second-order valence-corrected chi connectivity index (χ2v) is 7.11. The molecule has 29 heavy (non-hydrogen) atoms. The predicted molar refractivity (Wildman–Crippen MR) is 108 cm³/mol. The summed E-state index contributed by atoms with van der Waals surface area (Å²) in [6.07, 6.45) is -1.25. The third-order valence-electron chi connectivity index (χ3n) is 5.08. The van der Waals surface area contributed by atoms with Crippen molar-refractivity contribution in [3.05, 3.63) is 77.8 Å². The number of benzene rings is 2. The zero-order chi connectivity index (χ0) is 20.4. The molecule has 152 valence electrons. The summed E-state index contributed by atoms with van der Waals surface area (Å²) in [5.41, 5.74) is 9.31. The first-order chi connectivity index (χ1) is 13.9. The molecule has 0 amide bonds. The molecule has 2 unspecified atom stereocenters. The second kappa shape index (κ2) is 7.83. The first-order valence-corrected chi connectivity index (χ1v) is 9.41. The second-order valence-electron chi connectivity index (χ2n) is 7.11. The van der Waals surface area contributed by atoms with Crippen molar-refractivity contribution in [2.75, 3.05) is 23.7 Å². The van der Waals surface area contributed by atoms with Gasteiger partial charge in [0, 0.05) is 24.9 Å². The van der Waals surface area contributed by atoms with Gasteiger partial charge in [-0.2, -0.15) is 19.4 Å². The maximum Gasteiger partial charge on any atom is 0.414 e. The van der Waals surface area contributed by atoms with Crippen molar-refractivity contribution >= 4 is 11.4 Å². The van der Waals surface area contributed by atoms with Crippen molar-refractivity contribution in [1.29, 1.82) is 0 Å². The molecule has 0 radical (unpaired) electrons. The third-order valence-corrected chi connectivity index (χ3v) is 5.08. The molecule has 0 bridgehead atoms. The standard InChI is InChI=1S/C22H21F3N3O/c23-22(24,25)17-7-9-21(27-13-17)29-18-10-11-28(14-18)20-8-6-16(12-19(20)26)15-4-2-1-3-5-15/h1-9,12-13,18,21H,10-11,14,26H2/q-1. The van der Waals surface area contributed by atoms with E-state index in [1.165, 1.54) is 6.08 Å². The van der Waals surface area contributed by atoms with Crippen molar-refractivity contribution in [1.82, 2.24) is 0 Å². The van der Waals surface area contributed by atoms with E-state index >= 15 is 0 Å². The summed E-state index contributed by atoms with van der Waals surface area (Å²) in [4.78, 5) is 2.14. The Labute approximate surface area is 167 Å². The highest BCUT2D eigenvalue weighted by molar-refractivity contribution is 5.76. The van der Waals surface area contributed by atoms with Crippen LogP contribution in [0.1, 0.15) is 6.42 Å². The van der Waals surface area contributed by atoms with E-state index in [0.717, 1.165) is 42.1 Å². The molecule has 2 heterocycles. The van der Waals surface area contributed by atoms with Gasteiger partial charge in [0.15, 0.2) is 0 Å². The summed E-state index contributed by atoms with van der Waals surface area (Å²) < 4.78 is 43.8. The van der Waals surface area contributed by atoms with E-state index in [9.17, 15) is 13.2 Å². The van der Waals surface area contributed by atoms with Crippen LogP contribution < -0.4 is 10.6 Å². The third kappa shape index (κ3) is 4.40. The van der Waals surface area contributed by atoms with E-state index in [-0.39, 0.29) is 6.10 Å². The number of ether oxygens (including phenoxy) is 1. The summed E-state index contributed by atoms with van der Waals surface area (Å²) in [7, 11) is 0. The number of allylic oxidation sites excluding steroid dienone is 2. The molecular weight excluding hydrogens is 379 g/mol. The zero-order valence-corrected chi connectivity index (χ0v) is 15.6. The highest BCUT2D eigenvalue weighted by atomic mass is 19.4. The molecule has 2 N–H and O–H groups in total. The fourth-order valence-corrected chi connectivity index (χ4v) is 3.59. The van der Waals surface area contributed by atoms with Crippen LogP contribution in [0.3, 0.4) is 0 Å². The van der Waals surface area contributed by atoms with Gasteiger partial charge in [-0.3, -0.25) is 0 Å². The maximum atomic E-state index is 12.6. The molecule has 1 saturated heterocycles. The van der Waals surface area contributed by atoms with Crippen molar-refractivity contribution in [3.8, 4) is 11.1 Å². The number of alkyl halides is 3. The summed E-state index contributed by atoms with van der Waals surface area (Å²) in [6.45, 7) is 1.38. The van der Waals surface area contributed by atoms with Crippen LogP contribution in [0.4, 0.5) is 24.5 Å². The average Bonchev–Trinajstić information content (AvgIpc) is 3.16. The van der Waals surface area contributed by atoms with Crippen LogP contribution >= 0.6 is 0 Å². The number of nitrogen functional groups attached to an aromatic ring is 1. The molecule has 0 aliphatic carbocycles. The Morgan fingerprint density at radius 3 is 2.52 bits per heavy atom. The molecule has 4 rings (SSSR count). The summed E-state index contributed by atoms with van der Waals surface area (Å²) >= 11 is 0. The Kier molecular flexibility index (Phi) is 5.24. The SMILES string of the molecule is Nc1cc(-c2ccccc2)ccc1N1CCC(OC2C=CC(C(F)(F)F)=C[N-]2)C1. The summed E-state index contributed by atoms with van der Waals surface area (Å²) in [5.74, 6) is 0. The van der Waals surface area contributed by atoms with Crippen molar-refractivity contribution in [3.63, 3.8) is 0 Å². The number of hydrogen-bond donors (Lipinski definition) is 1. The van der Waals surface area contributed by atoms with Crippen LogP contribution in [0, 0.1) is 0 Å². The Morgan fingerprint density at radius 1 is 1.07 bits per heavy atom. The normalized spacial score (nSPS) is 21.8. The monoisotopic (exact) mass is 400 g/mol. The molecular formula is C22H21F3N3O-. The lowest BCUT2D eigenvalue weighted by Crippen LogP contribution is -2.27. The number of nitrogens with two attached hydrogens (primary N) is 1. The molecule has 2 aromatic rings. The highest BCUT2D eigenvalue weighted by Gasteiger charge is 2.31. The van der Waals surface area contributed by atoms with Crippen LogP contribution in [-0.4, -0.2) is 31.6 Å². The van der Waals surface area contributed by atoms with Gasteiger partial charge >= 0.3 is 6.18 Å². The molecule has 0 aromatic heterocycles. The Morgan fingerprint density at radius 2 is 1.86 bits per heavy atom. The number of nitrogens with zero attached hydrogens (tertiary/aromatic N) is 2. The highest BCUT2D eigenvalue weighted by Crippen LogP contribution is 2.34. The van der Waals surface area contributed by atoms with E-state index in [1.54, 1.807) is 0 Å². The first kappa shape index (κ1) is 19.4. The molecule has 2 aliphatic heterocycles. The van der Waals surface area contributed by atoms with Gasteiger partial charge in [-0.15, -0.1) is 0 Å². The summed E-state index contributed by atoms with van der Waals surface area (Å²) in [5, 5.41) is 3.87. The van der Waals surface area contributed by atoms with Crippen LogP contribution in [0.25, 0.3) is 16.4 Å². The Hall–Kier alpha value is -2.93. The smallest absolute Gasteiger partial charge is 0.414 e. The van der Waals surface area contributed by atoms with Crippen molar-refractivity contribution < 1.29 is 17.9 Å². The number of rotatable bonds is 4. The van der Waals surface area contributed by atoms with Gasteiger partial charge in [0.05, 0.1) is 17.5 Å². The average molecular weight is 400 g/mol. The summed E-state index contributed by atoms with van der Waals surface area (Å²) in [6, 6.07) is 16.0. The quantitative estimate of drug-likeness (QED) is 0.714. The predicted octanol–water partition coefficient (Wildman–Crippen LogP) is 5.25. The minimum atomic E-state index is -4.39. The van der Waals surface area contributed by atoms with E-state index in [0.29, 0.717) is 12.2 Å². The van der Waals surface area contributed by atoms with E-state index in [1.807, 2.05) is 48.5 Å². The zero-order valence-electron chi connectivity index (χ0n) is 15.6. The molecule has 2 aromatic carbocycles. The van der Waals surface area contributed by atoms with Crippen LogP contribution in [0.5, 0.6) is 0 Å². The van der Waals surface area contributed by atoms with E-state index < -0.39 is 18.0 Å². The van der Waals surface area contributed by atoms with Crippen molar-refractivity contribution in [2.24, 2.45) is 0 Å². The molecule has 2 aliphatic rings. The van der Waals surface area contributed by atoms with Gasteiger partial charge in [0.25, 0.3) is 0 Å². The van der Waals surface area contributed by atoms with Gasteiger partial charge in [0.1, 0.15) is 0 Å². The molecule has 4 nitrogen and oxygen atoms in total. The fraction of sp³-hybridized carbons (Fsp3) is 0.273. The van der Waals surface area contributed by atoms with Gasteiger partial charge < -0.3 is 20.7 Å². The minimum Gasteiger partial charge on any atom is -0.662 e. The lowest BCUT2D eigenvalue weighted by molar-refractivity contribution is -0.0886. The Balaban J connectivity index is 1.37. The minimum absolute atomic E-state index is 0.123. The first-order valence-electron chi connectivity index (χ1n) is 9.41. The van der Waals surface area contributed by atoms with Crippen LogP contribution in [-0.2, 0) is 4.74 Å². The van der Waals surface area contributed by atoms with Gasteiger partial charge in [-0.05, 0) is 29.7 Å². The lowest BCUT2D eigenvalue weighted by Gasteiger charge is -2.34. The Bertz CT molecular complexity index is 925. The van der Waals surface area contributed by atoms with Crippen LogP contribution in [0.2, 0.25) is 0 Å². The molecule has 0 saturated carbocycles. The number of anilines is 2. The molecule has 0 spiro atoms. The fourth-order valence-electron chi connectivity index (χ4n) is 3.59. The van der Waals surface area contributed by atoms with Gasteiger partial charge in [-0.25, -0.2) is 0 Å². The largest absolute Gasteiger partial charge is 0.662 e.